The van der Waals surface area contributed by atoms with Gasteiger partial charge in [-0.2, -0.15) is 4.31 Å². The molecule has 1 fully saturated rings. The van der Waals surface area contributed by atoms with Gasteiger partial charge in [0.1, 0.15) is 0 Å². The second-order valence-electron chi connectivity index (χ2n) is 5.36. The Kier molecular flexibility index (Phi) is 4.84. The monoisotopic (exact) mass is 311 g/mol. The highest BCUT2D eigenvalue weighted by molar-refractivity contribution is 9.09. The Bertz CT molecular complexity index is 315. The second-order valence-corrected chi connectivity index (χ2v) is 8.79. The summed E-state index contributed by atoms with van der Waals surface area (Å²) in [5.74, 6) is 0. The molecule has 0 unspecified atom stereocenters. The van der Waals surface area contributed by atoms with Gasteiger partial charge in [-0.1, -0.05) is 28.8 Å². The van der Waals surface area contributed by atoms with Gasteiger partial charge in [0.2, 0.25) is 10.0 Å². The van der Waals surface area contributed by atoms with E-state index < -0.39 is 14.8 Å². The van der Waals surface area contributed by atoms with Crippen molar-refractivity contribution in [2.75, 3.05) is 11.9 Å². The summed E-state index contributed by atoms with van der Waals surface area (Å²) in [5.41, 5.74) is 0. The third-order valence-electron chi connectivity index (χ3n) is 3.12. The zero-order chi connectivity index (χ0) is 12.4. The van der Waals surface area contributed by atoms with Crippen molar-refractivity contribution < 1.29 is 8.42 Å². The molecule has 0 N–H and O–H groups in total. The lowest BCUT2D eigenvalue weighted by molar-refractivity contribution is 0.327. The van der Waals surface area contributed by atoms with Crippen LogP contribution in [0, 0.1) is 0 Å². The number of rotatable bonds is 4. The Morgan fingerprint density at radius 2 is 1.75 bits per heavy atom. The maximum atomic E-state index is 12.4. The van der Waals surface area contributed by atoms with Gasteiger partial charge in [0.25, 0.3) is 0 Å². The van der Waals surface area contributed by atoms with E-state index in [1.54, 1.807) is 25.1 Å². The molecule has 0 saturated heterocycles. The summed E-state index contributed by atoms with van der Waals surface area (Å²) < 4.78 is 25.9. The van der Waals surface area contributed by atoms with Crippen molar-refractivity contribution in [2.24, 2.45) is 0 Å². The Morgan fingerprint density at radius 3 is 2.12 bits per heavy atom. The van der Waals surface area contributed by atoms with E-state index in [0.29, 0.717) is 11.9 Å². The molecule has 0 amide bonds. The van der Waals surface area contributed by atoms with Gasteiger partial charge in [0, 0.05) is 17.9 Å². The topological polar surface area (TPSA) is 37.4 Å². The van der Waals surface area contributed by atoms with Gasteiger partial charge >= 0.3 is 0 Å². The predicted octanol–water partition coefficient (Wildman–Crippen LogP) is 2.75. The molecule has 5 heteroatoms. The summed E-state index contributed by atoms with van der Waals surface area (Å²) >= 11 is 3.35. The summed E-state index contributed by atoms with van der Waals surface area (Å²) in [5, 5.41) is 0.707. The molecule has 0 atom stereocenters. The SMILES string of the molecule is CC(C)(C)S(=O)(=O)N(CCBr)C1CCCC1. The smallest absolute Gasteiger partial charge is 0.212 e. The molecule has 1 aliphatic rings. The van der Waals surface area contributed by atoms with Gasteiger partial charge in [-0.05, 0) is 33.6 Å². The molecule has 1 rings (SSSR count). The largest absolute Gasteiger partial charge is 0.219 e. The fourth-order valence-corrected chi connectivity index (χ4v) is 4.38. The minimum atomic E-state index is -3.18. The molecule has 1 aliphatic carbocycles. The number of alkyl halides is 1. The lowest BCUT2D eigenvalue weighted by Gasteiger charge is -2.33. The minimum absolute atomic E-state index is 0.224. The zero-order valence-corrected chi connectivity index (χ0v) is 12.8. The summed E-state index contributed by atoms with van der Waals surface area (Å²) in [7, 11) is -3.18. The van der Waals surface area contributed by atoms with Crippen LogP contribution in [0.4, 0.5) is 0 Å². The molecule has 0 aromatic heterocycles. The third-order valence-corrected chi connectivity index (χ3v) is 6.12. The molecule has 0 bridgehead atoms. The van der Waals surface area contributed by atoms with E-state index in [9.17, 15) is 8.42 Å². The van der Waals surface area contributed by atoms with E-state index in [1.165, 1.54) is 0 Å². The molecule has 0 aromatic carbocycles. The van der Waals surface area contributed by atoms with Gasteiger partial charge in [-0.15, -0.1) is 0 Å². The van der Waals surface area contributed by atoms with E-state index in [1.807, 2.05) is 0 Å². The first-order valence-corrected chi connectivity index (χ1v) is 8.44. The van der Waals surface area contributed by atoms with Gasteiger partial charge in [-0.25, -0.2) is 8.42 Å². The highest BCUT2D eigenvalue weighted by atomic mass is 79.9. The lowest BCUT2D eigenvalue weighted by atomic mass is 10.2. The maximum absolute atomic E-state index is 12.4. The van der Waals surface area contributed by atoms with Crippen LogP contribution in [0.3, 0.4) is 0 Å². The van der Waals surface area contributed by atoms with Crippen LogP contribution in [-0.4, -0.2) is 35.4 Å². The Labute approximate surface area is 108 Å². The van der Waals surface area contributed by atoms with Gasteiger partial charge < -0.3 is 0 Å². The summed E-state index contributed by atoms with van der Waals surface area (Å²) in [6.45, 7) is 5.92. The van der Waals surface area contributed by atoms with E-state index in [2.05, 4.69) is 15.9 Å². The van der Waals surface area contributed by atoms with Crippen molar-refractivity contribution in [2.45, 2.75) is 57.2 Å². The molecule has 0 radical (unpaired) electrons. The Hall–Kier alpha value is 0.390. The minimum Gasteiger partial charge on any atom is -0.212 e. The van der Waals surface area contributed by atoms with Gasteiger partial charge in [0.05, 0.1) is 4.75 Å². The van der Waals surface area contributed by atoms with Crippen molar-refractivity contribution >= 4 is 26.0 Å². The molecular weight excluding hydrogens is 290 g/mol. The highest BCUT2D eigenvalue weighted by Gasteiger charge is 2.39. The number of hydrogen-bond donors (Lipinski definition) is 0. The average molecular weight is 312 g/mol. The van der Waals surface area contributed by atoms with Crippen molar-refractivity contribution in [1.82, 2.24) is 4.31 Å². The average Bonchev–Trinajstić information content (AvgIpc) is 2.64. The number of halogens is 1. The van der Waals surface area contributed by atoms with E-state index in [0.717, 1.165) is 25.7 Å². The van der Waals surface area contributed by atoms with Crippen molar-refractivity contribution in [3.63, 3.8) is 0 Å². The van der Waals surface area contributed by atoms with E-state index in [-0.39, 0.29) is 6.04 Å². The fraction of sp³-hybridized carbons (Fsp3) is 1.00. The van der Waals surface area contributed by atoms with Crippen LogP contribution in [0.2, 0.25) is 0 Å². The Morgan fingerprint density at radius 1 is 1.25 bits per heavy atom. The van der Waals surface area contributed by atoms with Crippen molar-refractivity contribution in [1.29, 1.82) is 0 Å². The van der Waals surface area contributed by atoms with Crippen molar-refractivity contribution in [3.05, 3.63) is 0 Å². The van der Waals surface area contributed by atoms with E-state index in [4.69, 9.17) is 0 Å². The summed E-state index contributed by atoms with van der Waals surface area (Å²) in [4.78, 5) is 0. The van der Waals surface area contributed by atoms with Crippen molar-refractivity contribution in [3.8, 4) is 0 Å². The van der Waals surface area contributed by atoms with Crippen LogP contribution in [-0.2, 0) is 10.0 Å². The van der Waals surface area contributed by atoms with Crippen LogP contribution >= 0.6 is 15.9 Å². The molecule has 16 heavy (non-hydrogen) atoms. The first kappa shape index (κ1) is 14.5. The predicted molar refractivity (Wildman–Crippen MR) is 71.4 cm³/mol. The molecule has 0 aromatic rings. The molecule has 0 heterocycles. The quantitative estimate of drug-likeness (QED) is 0.749. The first-order chi connectivity index (χ1) is 7.30. The molecule has 96 valence electrons. The lowest BCUT2D eigenvalue weighted by Crippen LogP contribution is -2.48. The van der Waals surface area contributed by atoms with Crippen LogP contribution in [0.15, 0.2) is 0 Å². The summed E-state index contributed by atoms with van der Waals surface area (Å²) in [6, 6.07) is 0.224. The number of sulfonamides is 1. The molecule has 3 nitrogen and oxygen atoms in total. The summed E-state index contributed by atoms with van der Waals surface area (Å²) in [6.07, 6.45) is 4.34. The Balaban J connectivity index is 2.92. The van der Waals surface area contributed by atoms with Crippen LogP contribution in [0.25, 0.3) is 0 Å². The molecule has 0 aliphatic heterocycles. The fourth-order valence-electron chi connectivity index (χ4n) is 2.13. The highest BCUT2D eigenvalue weighted by Crippen LogP contribution is 2.30. The van der Waals surface area contributed by atoms with Crippen LogP contribution in [0.5, 0.6) is 0 Å². The first-order valence-electron chi connectivity index (χ1n) is 5.88. The van der Waals surface area contributed by atoms with Crippen LogP contribution in [0.1, 0.15) is 46.5 Å². The maximum Gasteiger partial charge on any atom is 0.219 e. The second kappa shape index (κ2) is 5.36. The zero-order valence-electron chi connectivity index (χ0n) is 10.4. The normalized spacial score (nSPS) is 19.6. The molecule has 0 spiro atoms. The van der Waals surface area contributed by atoms with Gasteiger partial charge in [0.15, 0.2) is 0 Å². The van der Waals surface area contributed by atoms with Crippen LogP contribution < -0.4 is 0 Å². The molecule has 1 saturated carbocycles. The van der Waals surface area contributed by atoms with Gasteiger partial charge in [-0.3, -0.25) is 0 Å². The number of hydrogen-bond acceptors (Lipinski definition) is 2. The molecular formula is C11H22BrNO2S. The third kappa shape index (κ3) is 2.99. The standard InChI is InChI=1S/C11H22BrNO2S/c1-11(2,3)16(14,15)13(9-8-12)10-6-4-5-7-10/h10H,4-9H2,1-3H3. The van der Waals surface area contributed by atoms with E-state index >= 15 is 0 Å². The number of nitrogens with zero attached hydrogens (tertiary/aromatic N) is 1.